The maximum Gasteiger partial charge on any atom is 0.407 e. The minimum atomic E-state index is -0.860. The molecule has 2 aliphatic heterocycles. The van der Waals surface area contributed by atoms with E-state index in [0.717, 1.165) is 76.1 Å². The Morgan fingerprint density at radius 2 is 1.78 bits per heavy atom. The average molecular weight is 696 g/mol. The van der Waals surface area contributed by atoms with E-state index in [1.807, 2.05) is 41.4 Å². The Morgan fingerprint density at radius 1 is 0.922 bits per heavy atom. The van der Waals surface area contributed by atoms with Crippen molar-refractivity contribution in [1.82, 2.24) is 35.5 Å². The molecule has 0 saturated carbocycles. The Bertz CT molecular complexity index is 2410. The van der Waals surface area contributed by atoms with Crippen molar-refractivity contribution in [2.24, 2.45) is 0 Å². The molecule has 0 unspecified atom stereocenters. The summed E-state index contributed by atoms with van der Waals surface area (Å²) in [5.74, 6) is 1.58. The van der Waals surface area contributed by atoms with Crippen LogP contribution < -0.4 is 10.6 Å². The van der Waals surface area contributed by atoms with Gasteiger partial charge >= 0.3 is 6.09 Å². The smallest absolute Gasteiger partial charge is 0.407 e. The molecule has 0 spiro atoms. The fourth-order valence-corrected chi connectivity index (χ4v) is 8.74. The SMILES string of the molecule is COC(=O)N[C@@H](C(=O)N1CCC[C@H]1c1nc2c(ccc3cc(-c4cc5ccc(-c6cnc([C@@H]7CCCN7)[nH]6)cc5s4)ccc32)[nH]1)c1ccccc1. The van der Waals surface area contributed by atoms with E-state index in [0.29, 0.717) is 18.2 Å². The van der Waals surface area contributed by atoms with Gasteiger partial charge in [0, 0.05) is 27.1 Å². The first-order valence-corrected chi connectivity index (χ1v) is 18.3. The highest BCUT2D eigenvalue weighted by atomic mass is 32.1. The topological polar surface area (TPSA) is 128 Å². The van der Waals surface area contributed by atoms with Gasteiger partial charge in [-0.05, 0) is 78.4 Å². The number of amides is 2. The number of hydrogen-bond acceptors (Lipinski definition) is 7. The van der Waals surface area contributed by atoms with Crippen LogP contribution in [0.4, 0.5) is 4.79 Å². The number of alkyl carbamates (subject to hydrolysis) is 1. The number of carbonyl (C=O) groups is 2. The number of hydrogen-bond donors (Lipinski definition) is 4. The van der Waals surface area contributed by atoms with Crippen molar-refractivity contribution in [3.05, 3.63) is 108 Å². The molecule has 9 rings (SSSR count). The second-order valence-electron chi connectivity index (χ2n) is 13.4. The van der Waals surface area contributed by atoms with E-state index >= 15 is 0 Å². The van der Waals surface area contributed by atoms with Gasteiger partial charge in [-0.15, -0.1) is 11.3 Å². The largest absolute Gasteiger partial charge is 0.453 e. The van der Waals surface area contributed by atoms with Gasteiger partial charge in [-0.3, -0.25) is 4.79 Å². The van der Waals surface area contributed by atoms with Gasteiger partial charge in [0.1, 0.15) is 17.7 Å². The number of imidazole rings is 2. The number of H-pyrrole nitrogens is 2. The van der Waals surface area contributed by atoms with Crippen LogP contribution in [0.2, 0.25) is 0 Å². The molecule has 256 valence electrons. The van der Waals surface area contributed by atoms with Crippen molar-refractivity contribution in [2.75, 3.05) is 20.2 Å². The minimum Gasteiger partial charge on any atom is -0.453 e. The van der Waals surface area contributed by atoms with E-state index in [1.54, 1.807) is 11.3 Å². The number of likely N-dealkylation sites (tertiary alicyclic amines) is 1. The summed E-state index contributed by atoms with van der Waals surface area (Å²) in [4.78, 5) is 46.1. The molecule has 0 radical (unpaired) electrons. The summed E-state index contributed by atoms with van der Waals surface area (Å²) in [6.45, 7) is 1.62. The van der Waals surface area contributed by atoms with Crippen LogP contribution in [0.15, 0.2) is 91.1 Å². The van der Waals surface area contributed by atoms with E-state index in [9.17, 15) is 9.59 Å². The summed E-state index contributed by atoms with van der Waals surface area (Å²) in [6, 6.07) is 28.1. The van der Waals surface area contributed by atoms with Crippen LogP contribution in [0.5, 0.6) is 0 Å². The summed E-state index contributed by atoms with van der Waals surface area (Å²) in [7, 11) is 1.30. The van der Waals surface area contributed by atoms with Crippen LogP contribution >= 0.6 is 11.3 Å². The molecular weight excluding hydrogens is 659 g/mol. The summed E-state index contributed by atoms with van der Waals surface area (Å²) in [5, 5.41) is 9.64. The van der Waals surface area contributed by atoms with Gasteiger partial charge in [-0.1, -0.05) is 60.7 Å². The van der Waals surface area contributed by atoms with Crippen molar-refractivity contribution in [1.29, 1.82) is 0 Å². The van der Waals surface area contributed by atoms with Crippen molar-refractivity contribution in [3.8, 4) is 21.7 Å². The monoisotopic (exact) mass is 695 g/mol. The molecule has 51 heavy (non-hydrogen) atoms. The first-order chi connectivity index (χ1) is 25.0. The maximum absolute atomic E-state index is 14.0. The molecule has 2 saturated heterocycles. The lowest BCUT2D eigenvalue weighted by atomic mass is 10.0. The predicted molar refractivity (Wildman–Crippen MR) is 200 cm³/mol. The highest BCUT2D eigenvalue weighted by Crippen LogP contribution is 2.39. The zero-order valence-electron chi connectivity index (χ0n) is 28.1. The normalized spacial score (nSPS) is 18.2. The van der Waals surface area contributed by atoms with Crippen LogP contribution in [-0.2, 0) is 9.53 Å². The Balaban J connectivity index is 0.989. The number of nitrogens with zero attached hydrogens (tertiary/aromatic N) is 3. The van der Waals surface area contributed by atoms with E-state index in [2.05, 4.69) is 80.2 Å². The number of benzene rings is 4. The Kier molecular flexibility index (Phi) is 8.01. The molecule has 4 aromatic carbocycles. The van der Waals surface area contributed by atoms with Crippen LogP contribution in [0.1, 0.15) is 61.0 Å². The third-order valence-electron chi connectivity index (χ3n) is 10.3. The van der Waals surface area contributed by atoms with Gasteiger partial charge < -0.3 is 30.2 Å². The van der Waals surface area contributed by atoms with Crippen molar-refractivity contribution in [2.45, 2.75) is 43.8 Å². The van der Waals surface area contributed by atoms with Gasteiger partial charge in [0.2, 0.25) is 0 Å². The molecule has 3 aromatic heterocycles. The zero-order valence-corrected chi connectivity index (χ0v) is 28.9. The third kappa shape index (κ3) is 5.82. The number of nitrogens with one attached hydrogen (secondary N) is 4. The maximum atomic E-state index is 14.0. The number of ether oxygens (including phenoxy) is 1. The van der Waals surface area contributed by atoms with Gasteiger partial charge in [0.25, 0.3) is 5.91 Å². The lowest BCUT2D eigenvalue weighted by molar-refractivity contribution is -0.134. The van der Waals surface area contributed by atoms with E-state index in [-0.39, 0.29) is 11.9 Å². The second-order valence-corrected chi connectivity index (χ2v) is 14.5. The quantitative estimate of drug-likeness (QED) is 0.133. The molecule has 10 nitrogen and oxygen atoms in total. The average Bonchev–Trinajstić information content (AvgIpc) is 4.01. The Morgan fingerprint density at radius 3 is 2.63 bits per heavy atom. The number of carbonyl (C=O) groups excluding carboxylic acids is 2. The molecule has 2 fully saturated rings. The zero-order chi connectivity index (χ0) is 34.5. The molecule has 0 bridgehead atoms. The Labute approximate surface area is 298 Å². The third-order valence-corrected chi connectivity index (χ3v) is 11.4. The van der Waals surface area contributed by atoms with Gasteiger partial charge in [0.05, 0.1) is 42.1 Å². The highest BCUT2D eigenvalue weighted by Gasteiger charge is 2.37. The predicted octanol–water partition coefficient (Wildman–Crippen LogP) is 8.17. The lowest BCUT2D eigenvalue weighted by Crippen LogP contribution is -2.42. The molecular formula is C40H37N7O3S. The number of methoxy groups -OCH3 is 1. The molecule has 2 aliphatic rings. The second kappa shape index (κ2) is 13.0. The van der Waals surface area contributed by atoms with E-state index < -0.39 is 12.1 Å². The molecule has 5 heterocycles. The standard InChI is InChI=1S/C40H37N7O3S/c1-50-40(49)46-35(23-7-3-2-4-8-23)39(48)47-18-6-10-32(47)38-43-29-16-14-24-19-26(13-15-28(24)36(29)45-38)34-21-27-12-11-25(20-33(27)51-34)31-22-42-37(44-31)30-9-5-17-41-30/h2-4,7-8,11-16,19-22,30,32,35,41H,5-6,9-10,17-18H2,1H3,(H,42,44)(H,43,45)(H,46,49)/t30-,32-,35+/m0/s1. The minimum absolute atomic E-state index is 0.185. The molecule has 2 amide bonds. The summed E-state index contributed by atoms with van der Waals surface area (Å²) in [5.41, 5.74) is 5.86. The fourth-order valence-electron chi connectivity index (χ4n) is 7.64. The highest BCUT2D eigenvalue weighted by molar-refractivity contribution is 7.22. The van der Waals surface area contributed by atoms with Crippen LogP contribution in [0, 0.1) is 0 Å². The number of aromatic nitrogens is 4. The van der Waals surface area contributed by atoms with Crippen molar-refractivity contribution >= 4 is 55.2 Å². The lowest BCUT2D eigenvalue weighted by Gasteiger charge is -2.28. The van der Waals surface area contributed by atoms with Crippen LogP contribution in [-0.4, -0.2) is 57.0 Å². The molecule has 4 N–H and O–H groups in total. The number of thiophene rings is 1. The van der Waals surface area contributed by atoms with Crippen molar-refractivity contribution in [3.63, 3.8) is 0 Å². The van der Waals surface area contributed by atoms with E-state index in [1.165, 1.54) is 28.5 Å². The van der Waals surface area contributed by atoms with Crippen LogP contribution in [0.3, 0.4) is 0 Å². The summed E-state index contributed by atoms with van der Waals surface area (Å²) < 4.78 is 6.09. The molecule has 0 aliphatic carbocycles. The van der Waals surface area contributed by atoms with E-state index in [4.69, 9.17) is 9.72 Å². The number of aromatic amines is 2. The molecule has 7 aromatic rings. The summed E-state index contributed by atoms with van der Waals surface area (Å²) >= 11 is 1.79. The number of fused-ring (bicyclic) bond motifs is 4. The molecule has 3 atom stereocenters. The van der Waals surface area contributed by atoms with Gasteiger partial charge in [0.15, 0.2) is 0 Å². The fraction of sp³-hybridized carbons (Fsp3) is 0.250. The number of rotatable bonds is 7. The van der Waals surface area contributed by atoms with Gasteiger partial charge in [-0.25, -0.2) is 14.8 Å². The van der Waals surface area contributed by atoms with Crippen LogP contribution in [0.25, 0.3) is 53.6 Å². The first kappa shape index (κ1) is 31.5. The summed E-state index contributed by atoms with van der Waals surface area (Å²) in [6.07, 6.45) is 5.22. The van der Waals surface area contributed by atoms with Gasteiger partial charge in [-0.2, -0.15) is 0 Å². The first-order valence-electron chi connectivity index (χ1n) is 17.5. The van der Waals surface area contributed by atoms with Crippen molar-refractivity contribution < 1.29 is 14.3 Å². The molecule has 11 heteroatoms. The Hall–Kier alpha value is -5.52.